The van der Waals surface area contributed by atoms with Crippen LogP contribution in [-0.4, -0.2) is 22.9 Å². The van der Waals surface area contributed by atoms with Crippen molar-refractivity contribution in [2.75, 3.05) is 0 Å². The van der Waals surface area contributed by atoms with E-state index in [0.29, 0.717) is 21.7 Å². The molecule has 1 unspecified atom stereocenters. The third-order valence-corrected chi connectivity index (χ3v) is 4.00. The number of nitrogens with zero attached hydrogens (tertiary/aromatic N) is 1. The molecule has 5 nitrogen and oxygen atoms in total. The third kappa shape index (κ3) is 4.19. The van der Waals surface area contributed by atoms with Gasteiger partial charge in [0, 0.05) is 5.02 Å². The van der Waals surface area contributed by atoms with Crippen LogP contribution in [0, 0.1) is 0 Å². The van der Waals surface area contributed by atoms with E-state index in [1.165, 1.54) is 11.3 Å². The fourth-order valence-electron chi connectivity index (χ4n) is 1.85. The molecular weight excluding hydrogens is 338 g/mol. The van der Waals surface area contributed by atoms with E-state index in [2.05, 4.69) is 4.98 Å². The van der Waals surface area contributed by atoms with Crippen molar-refractivity contribution in [2.24, 2.45) is 0 Å². The summed E-state index contributed by atoms with van der Waals surface area (Å²) in [7, 11) is 0. The molecule has 1 aromatic heterocycles. The molecule has 0 aliphatic carbocycles. The number of halogens is 1. The summed E-state index contributed by atoms with van der Waals surface area (Å²) in [5.41, 5.74) is 0.851. The third-order valence-electron chi connectivity index (χ3n) is 2.87. The van der Waals surface area contributed by atoms with Gasteiger partial charge in [-0.25, -0.2) is 4.98 Å². The number of carbonyl (C=O) groups is 1. The summed E-state index contributed by atoms with van der Waals surface area (Å²) in [5.74, 6) is 1.26. The van der Waals surface area contributed by atoms with E-state index in [-0.39, 0.29) is 5.48 Å². The summed E-state index contributed by atoms with van der Waals surface area (Å²) in [4.78, 5) is 15.0. The fraction of sp³-hybridized carbons (Fsp3) is 0.125. The molecule has 2 N–H and O–H groups in total. The smallest absolute Gasteiger partial charge is 0.279 e. The average Bonchev–Trinajstić information content (AvgIpc) is 2.90. The van der Waals surface area contributed by atoms with Gasteiger partial charge in [0.15, 0.2) is 12.4 Å². The number of aromatic nitrogens is 1. The van der Waals surface area contributed by atoms with Gasteiger partial charge in [0.25, 0.3) is 5.19 Å². The average molecular weight is 352 g/mol. The first-order valence-electron chi connectivity index (χ1n) is 6.60. The van der Waals surface area contributed by atoms with Crippen LogP contribution < -0.4 is 9.47 Å². The molecule has 0 aliphatic rings. The van der Waals surface area contributed by atoms with E-state index >= 15 is 0 Å². The van der Waals surface area contributed by atoms with E-state index in [4.69, 9.17) is 21.1 Å². The number of rotatable bonds is 5. The highest BCUT2D eigenvalue weighted by Crippen LogP contribution is 2.33. The van der Waals surface area contributed by atoms with Crippen molar-refractivity contribution in [3.8, 4) is 16.7 Å². The summed E-state index contributed by atoms with van der Waals surface area (Å²) in [6, 6.07) is 12.6. The second-order valence-electron chi connectivity index (χ2n) is 4.62. The Kier molecular flexibility index (Phi) is 5.54. The molecule has 2 aromatic carbocycles. The van der Waals surface area contributed by atoms with Crippen molar-refractivity contribution in [3.63, 3.8) is 0 Å². The van der Waals surface area contributed by atoms with Crippen molar-refractivity contribution in [1.29, 1.82) is 0 Å². The van der Waals surface area contributed by atoms with Crippen molar-refractivity contribution < 1.29 is 19.7 Å². The quantitative estimate of drug-likeness (QED) is 0.653. The normalized spacial score (nSPS) is 11.6. The zero-order valence-electron chi connectivity index (χ0n) is 12.2. The zero-order valence-corrected chi connectivity index (χ0v) is 13.7. The molecule has 0 radical (unpaired) electrons. The summed E-state index contributed by atoms with van der Waals surface area (Å²) < 4.78 is 12.1. The molecule has 1 heterocycles. The number of carbonyl (C=O) groups excluding carboxylic acids is 1. The predicted octanol–water partition coefficient (Wildman–Crippen LogP) is 3.88. The van der Waals surface area contributed by atoms with Gasteiger partial charge in [-0.3, -0.25) is 4.79 Å². The maximum absolute atomic E-state index is 10.6. The van der Waals surface area contributed by atoms with E-state index in [0.717, 1.165) is 16.5 Å². The molecule has 3 aromatic rings. The van der Waals surface area contributed by atoms with Gasteiger partial charge in [-0.1, -0.05) is 22.9 Å². The van der Waals surface area contributed by atoms with Crippen LogP contribution in [0.1, 0.15) is 6.92 Å². The van der Waals surface area contributed by atoms with Gasteiger partial charge in [0.05, 0.1) is 10.2 Å². The van der Waals surface area contributed by atoms with E-state index in [1.54, 1.807) is 37.3 Å². The van der Waals surface area contributed by atoms with Crippen LogP contribution in [0.3, 0.4) is 0 Å². The number of ether oxygens (including phenoxy) is 2. The van der Waals surface area contributed by atoms with Crippen LogP contribution in [0.4, 0.5) is 0 Å². The van der Waals surface area contributed by atoms with Crippen molar-refractivity contribution >= 4 is 39.4 Å². The van der Waals surface area contributed by atoms with Crippen molar-refractivity contribution in [3.05, 3.63) is 47.5 Å². The molecule has 1 atom stereocenters. The minimum Gasteiger partial charge on any atom is -0.483 e. The Balaban J connectivity index is 0.00000192. The molecule has 120 valence electrons. The SMILES string of the molecule is CC(C=O)Oc1ccc(Oc2nc3ccc(Cl)cc3s2)cc1.O. The van der Waals surface area contributed by atoms with Crippen molar-refractivity contribution in [2.45, 2.75) is 13.0 Å². The number of thiazole rings is 1. The highest BCUT2D eigenvalue weighted by Gasteiger charge is 2.07. The molecule has 23 heavy (non-hydrogen) atoms. The summed E-state index contributed by atoms with van der Waals surface area (Å²) >= 11 is 7.39. The fourth-order valence-corrected chi connectivity index (χ4v) is 2.96. The molecule has 0 saturated heterocycles. The molecule has 0 spiro atoms. The second kappa shape index (κ2) is 7.41. The lowest BCUT2D eigenvalue weighted by atomic mass is 10.3. The van der Waals surface area contributed by atoms with Gasteiger partial charge in [0.1, 0.15) is 11.5 Å². The Labute approximate surface area is 141 Å². The molecule has 0 fully saturated rings. The molecule has 3 rings (SSSR count). The monoisotopic (exact) mass is 351 g/mol. The van der Waals surface area contributed by atoms with Crippen LogP contribution in [0.5, 0.6) is 16.7 Å². The lowest BCUT2D eigenvalue weighted by Crippen LogP contribution is -2.12. The Bertz CT molecular complexity index is 803. The first kappa shape index (κ1) is 17.2. The topological polar surface area (TPSA) is 79.9 Å². The minimum atomic E-state index is -0.472. The number of fused-ring (bicyclic) bond motifs is 1. The van der Waals surface area contributed by atoms with Crippen LogP contribution >= 0.6 is 22.9 Å². The first-order valence-corrected chi connectivity index (χ1v) is 7.79. The van der Waals surface area contributed by atoms with Crippen LogP contribution in [0.25, 0.3) is 10.2 Å². The van der Waals surface area contributed by atoms with Crippen molar-refractivity contribution in [1.82, 2.24) is 4.98 Å². The summed E-state index contributed by atoms with van der Waals surface area (Å²) in [6.07, 6.45) is 0.275. The van der Waals surface area contributed by atoms with Gasteiger partial charge in [0.2, 0.25) is 0 Å². The van der Waals surface area contributed by atoms with E-state index in [1.807, 2.05) is 12.1 Å². The summed E-state index contributed by atoms with van der Waals surface area (Å²) in [6.45, 7) is 1.68. The van der Waals surface area contributed by atoms with Gasteiger partial charge in [-0.2, -0.15) is 0 Å². The highest BCUT2D eigenvalue weighted by atomic mass is 35.5. The molecule has 0 saturated carbocycles. The largest absolute Gasteiger partial charge is 0.483 e. The van der Waals surface area contributed by atoms with Gasteiger partial charge >= 0.3 is 0 Å². The Hall–Kier alpha value is -2.15. The summed E-state index contributed by atoms with van der Waals surface area (Å²) in [5, 5.41) is 1.22. The van der Waals surface area contributed by atoms with Gasteiger partial charge in [-0.15, -0.1) is 0 Å². The standard InChI is InChI=1S/C16H12ClNO3S.H2O/c1-10(9-19)20-12-3-5-13(6-4-12)21-16-18-14-7-2-11(17)8-15(14)22-16;/h2-10H,1H3;1H2. The molecule has 0 amide bonds. The number of aldehydes is 1. The lowest BCUT2D eigenvalue weighted by molar-refractivity contribution is -0.113. The maximum atomic E-state index is 10.6. The predicted molar refractivity (Wildman–Crippen MR) is 90.9 cm³/mol. The number of hydrogen-bond donors (Lipinski definition) is 0. The van der Waals surface area contributed by atoms with Gasteiger partial charge in [-0.05, 0) is 49.4 Å². The van der Waals surface area contributed by atoms with E-state index < -0.39 is 6.10 Å². The van der Waals surface area contributed by atoms with Crippen LogP contribution in [0.15, 0.2) is 42.5 Å². The zero-order chi connectivity index (χ0) is 15.5. The number of benzene rings is 2. The Morgan fingerprint density at radius 3 is 2.57 bits per heavy atom. The maximum Gasteiger partial charge on any atom is 0.279 e. The highest BCUT2D eigenvalue weighted by molar-refractivity contribution is 7.20. The van der Waals surface area contributed by atoms with Crippen LogP contribution in [0.2, 0.25) is 5.02 Å². The first-order chi connectivity index (χ1) is 10.6. The minimum absolute atomic E-state index is 0. The Morgan fingerprint density at radius 1 is 1.17 bits per heavy atom. The van der Waals surface area contributed by atoms with Gasteiger partial charge < -0.3 is 14.9 Å². The lowest BCUT2D eigenvalue weighted by Gasteiger charge is -2.08. The van der Waals surface area contributed by atoms with E-state index in [9.17, 15) is 4.79 Å². The molecular formula is C16H14ClNO4S. The van der Waals surface area contributed by atoms with Crippen LogP contribution in [-0.2, 0) is 4.79 Å². The Morgan fingerprint density at radius 2 is 1.87 bits per heavy atom. The second-order valence-corrected chi connectivity index (χ2v) is 6.05. The molecule has 7 heteroatoms. The number of hydrogen-bond acceptors (Lipinski definition) is 5. The molecule has 0 aliphatic heterocycles. The molecule has 0 bridgehead atoms.